The SMILES string of the molecule is O=C(NC1CCCCC1)OCc1cn(-c2ccccc2)nn1. The van der Waals surface area contributed by atoms with E-state index in [9.17, 15) is 4.79 Å². The Morgan fingerprint density at radius 1 is 1.23 bits per heavy atom. The van der Waals surface area contributed by atoms with E-state index in [2.05, 4.69) is 15.6 Å². The second kappa shape index (κ2) is 7.06. The second-order valence-corrected chi connectivity index (χ2v) is 5.55. The molecule has 1 amide bonds. The lowest BCUT2D eigenvalue weighted by Gasteiger charge is -2.22. The van der Waals surface area contributed by atoms with Crippen molar-refractivity contribution in [1.29, 1.82) is 0 Å². The Morgan fingerprint density at radius 3 is 2.77 bits per heavy atom. The van der Waals surface area contributed by atoms with E-state index in [1.807, 2.05) is 30.3 Å². The lowest BCUT2D eigenvalue weighted by molar-refractivity contribution is 0.131. The molecule has 1 heterocycles. The summed E-state index contributed by atoms with van der Waals surface area (Å²) in [5.41, 5.74) is 1.55. The first kappa shape index (κ1) is 14.6. The highest BCUT2D eigenvalue weighted by atomic mass is 16.5. The minimum Gasteiger partial charge on any atom is -0.443 e. The number of benzene rings is 1. The number of hydrogen-bond donors (Lipinski definition) is 1. The molecule has 0 spiro atoms. The molecule has 1 aliphatic carbocycles. The molecule has 1 saturated carbocycles. The van der Waals surface area contributed by atoms with Crippen LogP contribution in [0.15, 0.2) is 36.5 Å². The zero-order valence-corrected chi connectivity index (χ0v) is 12.4. The summed E-state index contributed by atoms with van der Waals surface area (Å²) in [4.78, 5) is 11.8. The predicted octanol–water partition coefficient (Wildman–Crippen LogP) is 2.83. The number of rotatable bonds is 4. The van der Waals surface area contributed by atoms with Crippen LogP contribution in [0.1, 0.15) is 37.8 Å². The van der Waals surface area contributed by atoms with Gasteiger partial charge in [0.25, 0.3) is 0 Å². The highest BCUT2D eigenvalue weighted by Crippen LogP contribution is 2.17. The van der Waals surface area contributed by atoms with Crippen LogP contribution in [-0.2, 0) is 11.3 Å². The molecule has 1 N–H and O–H groups in total. The molecule has 1 aliphatic rings. The molecule has 6 nitrogen and oxygen atoms in total. The normalized spacial score (nSPS) is 15.5. The van der Waals surface area contributed by atoms with E-state index in [-0.39, 0.29) is 18.7 Å². The Hall–Kier alpha value is -2.37. The first-order valence-electron chi connectivity index (χ1n) is 7.71. The summed E-state index contributed by atoms with van der Waals surface area (Å²) in [6, 6.07) is 9.95. The zero-order valence-electron chi connectivity index (χ0n) is 12.4. The summed E-state index contributed by atoms with van der Waals surface area (Å²) in [5, 5.41) is 11.0. The molecule has 6 heteroatoms. The smallest absolute Gasteiger partial charge is 0.407 e. The maximum absolute atomic E-state index is 11.8. The number of nitrogens with one attached hydrogen (secondary N) is 1. The van der Waals surface area contributed by atoms with Gasteiger partial charge in [0.15, 0.2) is 0 Å². The number of carbonyl (C=O) groups excluding carboxylic acids is 1. The maximum atomic E-state index is 11.8. The van der Waals surface area contributed by atoms with Crippen molar-refractivity contribution in [3.05, 3.63) is 42.2 Å². The number of amides is 1. The third-order valence-corrected chi connectivity index (χ3v) is 3.84. The number of carbonyl (C=O) groups is 1. The van der Waals surface area contributed by atoms with E-state index in [1.54, 1.807) is 10.9 Å². The first-order valence-corrected chi connectivity index (χ1v) is 7.71. The van der Waals surface area contributed by atoms with Crippen molar-refractivity contribution in [2.75, 3.05) is 0 Å². The van der Waals surface area contributed by atoms with Crippen molar-refractivity contribution in [2.24, 2.45) is 0 Å². The van der Waals surface area contributed by atoms with Gasteiger partial charge in [0, 0.05) is 6.04 Å². The Kier molecular flexibility index (Phi) is 4.68. The first-order chi connectivity index (χ1) is 10.8. The lowest BCUT2D eigenvalue weighted by atomic mass is 9.96. The summed E-state index contributed by atoms with van der Waals surface area (Å²) in [6.07, 6.45) is 7.09. The largest absolute Gasteiger partial charge is 0.443 e. The van der Waals surface area contributed by atoms with Crippen LogP contribution in [0.25, 0.3) is 5.69 Å². The van der Waals surface area contributed by atoms with Crippen molar-refractivity contribution in [3.8, 4) is 5.69 Å². The van der Waals surface area contributed by atoms with Crippen LogP contribution in [0.2, 0.25) is 0 Å². The van der Waals surface area contributed by atoms with Crippen LogP contribution in [0, 0.1) is 0 Å². The molecule has 0 bridgehead atoms. The van der Waals surface area contributed by atoms with Gasteiger partial charge in [-0.2, -0.15) is 0 Å². The molecule has 22 heavy (non-hydrogen) atoms. The molecule has 1 aromatic heterocycles. The highest BCUT2D eigenvalue weighted by Gasteiger charge is 2.16. The minimum absolute atomic E-state index is 0.130. The van der Waals surface area contributed by atoms with Crippen LogP contribution >= 0.6 is 0 Å². The number of nitrogens with zero attached hydrogens (tertiary/aromatic N) is 3. The fraction of sp³-hybridized carbons (Fsp3) is 0.438. The fourth-order valence-corrected chi connectivity index (χ4v) is 2.67. The molecule has 2 aromatic rings. The van der Waals surface area contributed by atoms with Gasteiger partial charge >= 0.3 is 6.09 Å². The second-order valence-electron chi connectivity index (χ2n) is 5.55. The summed E-state index contributed by atoms with van der Waals surface area (Å²) in [5.74, 6) is 0. The van der Waals surface area contributed by atoms with Crippen LogP contribution in [0.4, 0.5) is 4.79 Å². The predicted molar refractivity (Wildman–Crippen MR) is 81.6 cm³/mol. The van der Waals surface area contributed by atoms with Gasteiger partial charge < -0.3 is 10.1 Å². The van der Waals surface area contributed by atoms with Crippen LogP contribution in [0.3, 0.4) is 0 Å². The number of ether oxygens (including phenoxy) is 1. The number of alkyl carbamates (subject to hydrolysis) is 1. The van der Waals surface area contributed by atoms with Gasteiger partial charge in [-0.25, -0.2) is 9.48 Å². The fourth-order valence-electron chi connectivity index (χ4n) is 2.67. The zero-order chi connectivity index (χ0) is 15.2. The van der Waals surface area contributed by atoms with Gasteiger partial charge in [0.05, 0.1) is 11.9 Å². The Balaban J connectivity index is 1.49. The van der Waals surface area contributed by atoms with Gasteiger partial charge in [-0.1, -0.05) is 42.7 Å². The standard InChI is InChI=1S/C16H20N4O2/c21-16(17-13-7-3-1-4-8-13)22-12-14-11-20(19-18-14)15-9-5-2-6-10-15/h2,5-6,9-11,13H,1,3-4,7-8,12H2,(H,17,21). The van der Waals surface area contributed by atoms with E-state index in [0.717, 1.165) is 18.5 Å². The summed E-state index contributed by atoms with van der Waals surface area (Å²) < 4.78 is 6.88. The van der Waals surface area contributed by atoms with Crippen molar-refractivity contribution in [3.63, 3.8) is 0 Å². The van der Waals surface area contributed by atoms with Crippen molar-refractivity contribution in [1.82, 2.24) is 20.3 Å². The van der Waals surface area contributed by atoms with E-state index in [4.69, 9.17) is 4.74 Å². The van der Waals surface area contributed by atoms with Crippen molar-refractivity contribution < 1.29 is 9.53 Å². The van der Waals surface area contributed by atoms with E-state index in [0.29, 0.717) is 5.69 Å². The average Bonchev–Trinajstić information content (AvgIpc) is 3.04. The molecule has 1 fully saturated rings. The van der Waals surface area contributed by atoms with Gasteiger partial charge in [0.1, 0.15) is 12.3 Å². The topological polar surface area (TPSA) is 69.0 Å². The number of hydrogen-bond acceptors (Lipinski definition) is 4. The number of para-hydroxylation sites is 1. The molecular weight excluding hydrogens is 280 g/mol. The van der Waals surface area contributed by atoms with Crippen LogP contribution < -0.4 is 5.32 Å². The molecule has 116 valence electrons. The molecule has 3 rings (SSSR count). The Bertz CT molecular complexity index is 606. The molecule has 0 radical (unpaired) electrons. The van der Waals surface area contributed by atoms with E-state index in [1.165, 1.54) is 19.3 Å². The van der Waals surface area contributed by atoms with Gasteiger partial charge in [-0.3, -0.25) is 0 Å². The van der Waals surface area contributed by atoms with E-state index < -0.39 is 0 Å². The van der Waals surface area contributed by atoms with Crippen LogP contribution in [0.5, 0.6) is 0 Å². The summed E-state index contributed by atoms with van der Waals surface area (Å²) in [7, 11) is 0. The molecule has 0 aliphatic heterocycles. The third kappa shape index (κ3) is 3.84. The van der Waals surface area contributed by atoms with E-state index >= 15 is 0 Å². The molecule has 0 saturated heterocycles. The third-order valence-electron chi connectivity index (χ3n) is 3.84. The molecule has 0 unspecified atom stereocenters. The maximum Gasteiger partial charge on any atom is 0.407 e. The Labute approximate surface area is 129 Å². The molecule has 1 aromatic carbocycles. The summed E-state index contributed by atoms with van der Waals surface area (Å²) >= 11 is 0. The lowest BCUT2D eigenvalue weighted by Crippen LogP contribution is -2.36. The van der Waals surface area contributed by atoms with Gasteiger partial charge in [-0.15, -0.1) is 5.10 Å². The minimum atomic E-state index is -0.374. The highest BCUT2D eigenvalue weighted by molar-refractivity contribution is 5.67. The van der Waals surface area contributed by atoms with Crippen molar-refractivity contribution >= 4 is 6.09 Å². The quantitative estimate of drug-likeness (QED) is 0.942. The summed E-state index contributed by atoms with van der Waals surface area (Å²) in [6.45, 7) is 0.130. The van der Waals surface area contributed by atoms with Gasteiger partial charge in [-0.05, 0) is 25.0 Å². The monoisotopic (exact) mass is 300 g/mol. The molecule has 0 atom stereocenters. The van der Waals surface area contributed by atoms with Crippen molar-refractivity contribution in [2.45, 2.75) is 44.8 Å². The van der Waals surface area contributed by atoms with Crippen LogP contribution in [-0.4, -0.2) is 27.1 Å². The number of aromatic nitrogens is 3. The Morgan fingerprint density at radius 2 is 2.00 bits per heavy atom. The van der Waals surface area contributed by atoms with Gasteiger partial charge in [0.2, 0.25) is 0 Å². The molecular formula is C16H20N4O2. The average molecular weight is 300 g/mol.